The Balaban J connectivity index is 1.59. The number of rotatable bonds is 3. The zero-order chi connectivity index (χ0) is 13.1. The molecule has 19 heavy (non-hydrogen) atoms. The molecule has 2 aliphatic heterocycles. The first kappa shape index (κ1) is 12.7. The minimum Gasteiger partial charge on any atom is -0.338 e. The summed E-state index contributed by atoms with van der Waals surface area (Å²) in [6, 6.07) is 8.63. The molecular weight excluding hydrogens is 236 g/mol. The third kappa shape index (κ3) is 2.81. The Kier molecular flexibility index (Phi) is 3.83. The number of amides is 1. The molecule has 0 saturated carbocycles. The van der Waals surface area contributed by atoms with Gasteiger partial charge in [-0.05, 0) is 43.9 Å². The molecular formula is C16H22N2O. The van der Waals surface area contributed by atoms with Crippen molar-refractivity contribution in [1.29, 1.82) is 0 Å². The molecule has 1 atom stereocenters. The van der Waals surface area contributed by atoms with Gasteiger partial charge in [0.15, 0.2) is 0 Å². The molecule has 3 nitrogen and oxygen atoms in total. The topological polar surface area (TPSA) is 32.3 Å². The quantitative estimate of drug-likeness (QED) is 0.901. The highest BCUT2D eigenvalue weighted by molar-refractivity contribution is 5.96. The first-order valence-electron chi connectivity index (χ1n) is 7.45. The maximum Gasteiger partial charge on any atom is 0.254 e. The van der Waals surface area contributed by atoms with Crippen molar-refractivity contribution in [2.45, 2.75) is 38.1 Å². The lowest BCUT2D eigenvalue weighted by molar-refractivity contribution is 0.0731. The molecule has 1 aromatic rings. The molecule has 0 spiro atoms. The molecule has 1 unspecified atom stereocenters. The Morgan fingerprint density at radius 2 is 2.16 bits per heavy atom. The molecule has 0 aliphatic carbocycles. The van der Waals surface area contributed by atoms with Crippen molar-refractivity contribution in [2.24, 2.45) is 0 Å². The molecule has 3 heteroatoms. The van der Waals surface area contributed by atoms with Crippen LogP contribution >= 0.6 is 0 Å². The standard InChI is InChI=1S/C16H22N2O/c19-16-15-7-2-1-5-13(15)8-11-18(16)12-9-14-6-3-4-10-17-14/h1-2,5,7,14,17H,3-4,6,8-12H2. The molecule has 3 rings (SSSR count). The van der Waals surface area contributed by atoms with E-state index in [4.69, 9.17) is 0 Å². The summed E-state index contributed by atoms with van der Waals surface area (Å²) >= 11 is 0. The highest BCUT2D eigenvalue weighted by Crippen LogP contribution is 2.19. The van der Waals surface area contributed by atoms with Crippen LogP contribution in [0.15, 0.2) is 24.3 Å². The van der Waals surface area contributed by atoms with Gasteiger partial charge in [0.05, 0.1) is 0 Å². The van der Waals surface area contributed by atoms with E-state index < -0.39 is 0 Å². The molecule has 0 bridgehead atoms. The molecule has 1 aromatic carbocycles. The fourth-order valence-electron chi connectivity index (χ4n) is 3.17. The van der Waals surface area contributed by atoms with E-state index in [1.165, 1.54) is 24.8 Å². The lowest BCUT2D eigenvalue weighted by atomic mass is 9.97. The van der Waals surface area contributed by atoms with Crippen LogP contribution in [0.5, 0.6) is 0 Å². The van der Waals surface area contributed by atoms with Crippen molar-refractivity contribution in [3.63, 3.8) is 0 Å². The van der Waals surface area contributed by atoms with E-state index in [1.54, 1.807) is 0 Å². The first-order chi connectivity index (χ1) is 9.34. The SMILES string of the molecule is O=C1c2ccccc2CCN1CCC1CCCCN1. The zero-order valence-electron chi connectivity index (χ0n) is 11.4. The molecule has 2 aliphatic rings. The maximum absolute atomic E-state index is 12.4. The predicted molar refractivity (Wildman–Crippen MR) is 76.3 cm³/mol. The van der Waals surface area contributed by atoms with E-state index in [2.05, 4.69) is 11.4 Å². The summed E-state index contributed by atoms with van der Waals surface area (Å²) in [5.41, 5.74) is 2.12. The van der Waals surface area contributed by atoms with Crippen LogP contribution in [-0.4, -0.2) is 36.5 Å². The number of piperidine rings is 1. The van der Waals surface area contributed by atoms with Crippen molar-refractivity contribution in [1.82, 2.24) is 10.2 Å². The molecule has 102 valence electrons. The summed E-state index contributed by atoms with van der Waals surface area (Å²) < 4.78 is 0. The second-order valence-corrected chi connectivity index (χ2v) is 5.63. The molecule has 1 saturated heterocycles. The van der Waals surface area contributed by atoms with Gasteiger partial charge < -0.3 is 10.2 Å². The molecule has 0 aromatic heterocycles. The van der Waals surface area contributed by atoms with Crippen LogP contribution in [0.4, 0.5) is 0 Å². The summed E-state index contributed by atoms with van der Waals surface area (Å²) in [4.78, 5) is 14.4. The van der Waals surface area contributed by atoms with Crippen molar-refractivity contribution < 1.29 is 4.79 Å². The largest absolute Gasteiger partial charge is 0.338 e. The van der Waals surface area contributed by atoms with Crippen molar-refractivity contribution >= 4 is 5.91 Å². The van der Waals surface area contributed by atoms with Crippen molar-refractivity contribution in [2.75, 3.05) is 19.6 Å². The Morgan fingerprint density at radius 3 is 3.00 bits per heavy atom. The van der Waals surface area contributed by atoms with E-state index in [-0.39, 0.29) is 5.91 Å². The number of benzene rings is 1. The summed E-state index contributed by atoms with van der Waals surface area (Å²) in [6.07, 6.45) is 5.98. The Morgan fingerprint density at radius 1 is 1.26 bits per heavy atom. The average molecular weight is 258 g/mol. The predicted octanol–water partition coefficient (Wildman–Crippen LogP) is 2.22. The summed E-state index contributed by atoms with van der Waals surface area (Å²) in [7, 11) is 0. The van der Waals surface area contributed by atoms with E-state index >= 15 is 0 Å². The monoisotopic (exact) mass is 258 g/mol. The zero-order valence-corrected chi connectivity index (χ0v) is 11.4. The third-order valence-electron chi connectivity index (χ3n) is 4.35. The fraction of sp³-hybridized carbons (Fsp3) is 0.562. The van der Waals surface area contributed by atoms with Crippen LogP contribution in [0.1, 0.15) is 41.6 Å². The number of nitrogens with zero attached hydrogens (tertiary/aromatic N) is 1. The van der Waals surface area contributed by atoms with Crippen LogP contribution in [0.2, 0.25) is 0 Å². The second-order valence-electron chi connectivity index (χ2n) is 5.63. The minimum atomic E-state index is 0.220. The van der Waals surface area contributed by atoms with Crippen LogP contribution in [0.25, 0.3) is 0 Å². The molecule has 1 N–H and O–H groups in total. The summed E-state index contributed by atoms with van der Waals surface area (Å²) in [6.45, 7) is 2.91. The molecule has 1 fully saturated rings. The maximum atomic E-state index is 12.4. The molecule has 2 heterocycles. The van der Waals surface area contributed by atoms with E-state index in [0.717, 1.165) is 38.0 Å². The van der Waals surface area contributed by atoms with Crippen LogP contribution in [0, 0.1) is 0 Å². The van der Waals surface area contributed by atoms with Gasteiger partial charge in [-0.3, -0.25) is 4.79 Å². The highest BCUT2D eigenvalue weighted by atomic mass is 16.2. The van der Waals surface area contributed by atoms with Gasteiger partial charge in [-0.1, -0.05) is 24.6 Å². The van der Waals surface area contributed by atoms with Gasteiger partial charge in [0.2, 0.25) is 0 Å². The Hall–Kier alpha value is -1.35. The summed E-state index contributed by atoms with van der Waals surface area (Å²) in [5, 5.41) is 3.55. The van der Waals surface area contributed by atoms with Crippen LogP contribution < -0.4 is 5.32 Å². The molecule has 0 radical (unpaired) electrons. The fourth-order valence-corrected chi connectivity index (χ4v) is 3.17. The van der Waals surface area contributed by atoms with Gasteiger partial charge in [-0.2, -0.15) is 0 Å². The first-order valence-corrected chi connectivity index (χ1v) is 7.45. The minimum absolute atomic E-state index is 0.220. The number of fused-ring (bicyclic) bond motifs is 1. The van der Waals surface area contributed by atoms with Gasteiger partial charge in [-0.25, -0.2) is 0 Å². The van der Waals surface area contributed by atoms with E-state index in [1.807, 2.05) is 23.1 Å². The normalized spacial score (nSPS) is 23.3. The second kappa shape index (κ2) is 5.74. The average Bonchev–Trinajstić information content (AvgIpc) is 2.48. The van der Waals surface area contributed by atoms with E-state index in [9.17, 15) is 4.79 Å². The van der Waals surface area contributed by atoms with Gasteiger partial charge >= 0.3 is 0 Å². The van der Waals surface area contributed by atoms with Gasteiger partial charge in [-0.15, -0.1) is 0 Å². The van der Waals surface area contributed by atoms with Gasteiger partial charge in [0, 0.05) is 24.7 Å². The smallest absolute Gasteiger partial charge is 0.254 e. The summed E-state index contributed by atoms with van der Waals surface area (Å²) in [5.74, 6) is 0.220. The highest BCUT2D eigenvalue weighted by Gasteiger charge is 2.24. The number of hydrogen-bond donors (Lipinski definition) is 1. The lowest BCUT2D eigenvalue weighted by Crippen LogP contribution is -2.42. The van der Waals surface area contributed by atoms with Gasteiger partial charge in [0.25, 0.3) is 5.91 Å². The van der Waals surface area contributed by atoms with E-state index in [0.29, 0.717) is 6.04 Å². The van der Waals surface area contributed by atoms with Crippen molar-refractivity contribution in [3.05, 3.63) is 35.4 Å². The number of nitrogens with one attached hydrogen (secondary N) is 1. The molecule has 1 amide bonds. The Bertz CT molecular complexity index is 452. The van der Waals surface area contributed by atoms with Gasteiger partial charge in [0.1, 0.15) is 0 Å². The van der Waals surface area contributed by atoms with Crippen molar-refractivity contribution in [3.8, 4) is 0 Å². The third-order valence-corrected chi connectivity index (χ3v) is 4.35. The van der Waals surface area contributed by atoms with Crippen LogP contribution in [0.3, 0.4) is 0 Å². The number of carbonyl (C=O) groups excluding carboxylic acids is 1. The Labute approximate surface area is 115 Å². The number of carbonyl (C=O) groups is 1. The lowest BCUT2D eigenvalue weighted by Gasteiger charge is -2.31. The van der Waals surface area contributed by atoms with Crippen LogP contribution in [-0.2, 0) is 6.42 Å². The number of hydrogen-bond acceptors (Lipinski definition) is 2.